The lowest BCUT2D eigenvalue weighted by atomic mass is 9.90. The summed E-state index contributed by atoms with van der Waals surface area (Å²) in [5, 5.41) is 2.69. The molecule has 2 aromatic carbocycles. The number of hydrogen-bond donors (Lipinski definition) is 1. The largest absolute Gasteiger partial charge is 0.348 e. The molecule has 20 heavy (non-hydrogen) atoms. The lowest BCUT2D eigenvalue weighted by molar-refractivity contribution is -0.124. The summed E-state index contributed by atoms with van der Waals surface area (Å²) in [5.74, 6) is -0.604. The number of nitrogens with one attached hydrogen (secondary N) is 1. The van der Waals surface area contributed by atoms with Gasteiger partial charge in [0, 0.05) is 0 Å². The molecule has 0 spiro atoms. The Morgan fingerprint density at radius 3 is 1.75 bits per heavy atom. The number of benzene rings is 2. The number of amides is 1. The summed E-state index contributed by atoms with van der Waals surface area (Å²) < 4.78 is 0. The summed E-state index contributed by atoms with van der Waals surface area (Å²) in [7, 11) is 0. The topological polar surface area (TPSA) is 46.2 Å². The third kappa shape index (κ3) is 3.54. The Labute approximate surface area is 118 Å². The average Bonchev–Trinajstić information content (AvgIpc) is 2.48. The molecule has 0 fully saturated rings. The Morgan fingerprint density at radius 2 is 1.35 bits per heavy atom. The van der Waals surface area contributed by atoms with Crippen LogP contribution < -0.4 is 5.32 Å². The van der Waals surface area contributed by atoms with E-state index in [1.165, 1.54) is 6.92 Å². The van der Waals surface area contributed by atoms with Crippen LogP contribution in [0.15, 0.2) is 60.7 Å². The number of ketones is 1. The van der Waals surface area contributed by atoms with Gasteiger partial charge in [-0.25, -0.2) is 0 Å². The van der Waals surface area contributed by atoms with Gasteiger partial charge in [0.25, 0.3) is 0 Å². The Bertz CT molecular complexity index is 539. The van der Waals surface area contributed by atoms with Gasteiger partial charge in [-0.3, -0.25) is 9.59 Å². The van der Waals surface area contributed by atoms with Gasteiger partial charge < -0.3 is 5.32 Å². The van der Waals surface area contributed by atoms with Crippen molar-refractivity contribution in [3.8, 4) is 0 Å². The Kier molecular flexibility index (Phi) is 4.66. The first-order valence-electron chi connectivity index (χ1n) is 6.55. The molecule has 0 saturated heterocycles. The fourth-order valence-electron chi connectivity index (χ4n) is 2.10. The second-order valence-corrected chi connectivity index (χ2v) is 4.67. The van der Waals surface area contributed by atoms with Gasteiger partial charge in [0.15, 0.2) is 0 Å². The van der Waals surface area contributed by atoms with Gasteiger partial charge in [-0.2, -0.15) is 0 Å². The van der Waals surface area contributed by atoms with E-state index in [-0.39, 0.29) is 18.2 Å². The van der Waals surface area contributed by atoms with Gasteiger partial charge in [0.05, 0.1) is 12.5 Å². The molecule has 2 aromatic rings. The Morgan fingerprint density at radius 1 is 0.900 bits per heavy atom. The molecule has 3 heteroatoms. The van der Waals surface area contributed by atoms with E-state index < -0.39 is 5.92 Å². The van der Waals surface area contributed by atoms with Crippen molar-refractivity contribution in [1.29, 1.82) is 0 Å². The molecule has 0 atom stereocenters. The molecule has 0 radical (unpaired) electrons. The van der Waals surface area contributed by atoms with Crippen molar-refractivity contribution in [2.75, 3.05) is 6.54 Å². The van der Waals surface area contributed by atoms with Crippen molar-refractivity contribution in [2.45, 2.75) is 12.8 Å². The fourth-order valence-corrected chi connectivity index (χ4v) is 2.10. The van der Waals surface area contributed by atoms with Crippen LogP contribution in [-0.2, 0) is 9.59 Å². The normalized spacial score (nSPS) is 10.3. The van der Waals surface area contributed by atoms with E-state index in [0.717, 1.165) is 11.1 Å². The van der Waals surface area contributed by atoms with Gasteiger partial charge in [-0.1, -0.05) is 60.7 Å². The van der Waals surface area contributed by atoms with Crippen LogP contribution in [0.25, 0.3) is 0 Å². The number of hydrogen-bond acceptors (Lipinski definition) is 2. The third-order valence-corrected chi connectivity index (χ3v) is 3.04. The molecule has 1 N–H and O–H groups in total. The molecule has 102 valence electrons. The number of rotatable bonds is 5. The van der Waals surface area contributed by atoms with E-state index >= 15 is 0 Å². The minimum atomic E-state index is -0.392. The lowest BCUT2D eigenvalue weighted by Gasteiger charge is -2.17. The summed E-state index contributed by atoms with van der Waals surface area (Å²) in [5.41, 5.74) is 1.83. The lowest BCUT2D eigenvalue weighted by Crippen LogP contribution is -2.33. The smallest absolute Gasteiger partial charge is 0.232 e. The maximum atomic E-state index is 12.4. The zero-order chi connectivity index (χ0) is 14.4. The van der Waals surface area contributed by atoms with E-state index in [4.69, 9.17) is 0 Å². The van der Waals surface area contributed by atoms with E-state index in [1.807, 2.05) is 60.7 Å². The zero-order valence-corrected chi connectivity index (χ0v) is 11.4. The molecule has 0 heterocycles. The quantitative estimate of drug-likeness (QED) is 0.904. The van der Waals surface area contributed by atoms with Crippen LogP contribution >= 0.6 is 0 Å². The predicted octanol–water partition coefficient (Wildman–Crippen LogP) is 2.52. The third-order valence-electron chi connectivity index (χ3n) is 3.04. The Balaban J connectivity index is 2.30. The van der Waals surface area contributed by atoms with Gasteiger partial charge in [0.2, 0.25) is 5.91 Å². The first kappa shape index (κ1) is 14.0. The van der Waals surface area contributed by atoms with Crippen LogP contribution in [0.5, 0.6) is 0 Å². The molecule has 1 amide bonds. The molecule has 0 aliphatic carbocycles. The number of Topliss-reactive ketones (excluding diaryl/α,β-unsaturated/α-hetero) is 1. The Hall–Kier alpha value is -2.42. The number of carbonyl (C=O) groups is 2. The minimum Gasteiger partial charge on any atom is -0.348 e. The highest BCUT2D eigenvalue weighted by Gasteiger charge is 2.22. The predicted molar refractivity (Wildman–Crippen MR) is 78.4 cm³/mol. The summed E-state index contributed by atoms with van der Waals surface area (Å²) in [6, 6.07) is 19.1. The highest BCUT2D eigenvalue weighted by atomic mass is 16.2. The van der Waals surface area contributed by atoms with Crippen molar-refractivity contribution in [3.63, 3.8) is 0 Å². The van der Waals surface area contributed by atoms with Crippen molar-refractivity contribution in [1.82, 2.24) is 5.32 Å². The second kappa shape index (κ2) is 6.66. The molecular formula is C17H17NO2. The first-order valence-corrected chi connectivity index (χ1v) is 6.55. The van der Waals surface area contributed by atoms with Gasteiger partial charge >= 0.3 is 0 Å². The fraction of sp³-hybridized carbons (Fsp3) is 0.176. The van der Waals surface area contributed by atoms with E-state index in [1.54, 1.807) is 0 Å². The SMILES string of the molecule is CC(=O)CNC(=O)C(c1ccccc1)c1ccccc1. The molecule has 0 unspecified atom stereocenters. The van der Waals surface area contributed by atoms with Crippen LogP contribution in [-0.4, -0.2) is 18.2 Å². The summed E-state index contributed by atoms with van der Waals surface area (Å²) >= 11 is 0. The first-order chi connectivity index (χ1) is 9.68. The van der Waals surface area contributed by atoms with E-state index in [2.05, 4.69) is 5.32 Å². The number of carbonyl (C=O) groups excluding carboxylic acids is 2. The molecule has 3 nitrogen and oxygen atoms in total. The summed E-state index contributed by atoms with van der Waals surface area (Å²) in [4.78, 5) is 23.4. The van der Waals surface area contributed by atoms with Crippen molar-refractivity contribution in [3.05, 3.63) is 71.8 Å². The minimum absolute atomic E-state index is 0.0572. The summed E-state index contributed by atoms with van der Waals surface area (Å²) in [6.07, 6.45) is 0. The van der Waals surface area contributed by atoms with E-state index in [9.17, 15) is 9.59 Å². The van der Waals surface area contributed by atoms with Gasteiger partial charge in [0.1, 0.15) is 5.78 Å². The van der Waals surface area contributed by atoms with Crippen molar-refractivity contribution >= 4 is 11.7 Å². The van der Waals surface area contributed by atoms with Crippen LogP contribution in [0.2, 0.25) is 0 Å². The highest BCUT2D eigenvalue weighted by Crippen LogP contribution is 2.24. The summed E-state index contributed by atoms with van der Waals surface area (Å²) in [6.45, 7) is 1.52. The highest BCUT2D eigenvalue weighted by molar-refractivity contribution is 5.90. The second-order valence-electron chi connectivity index (χ2n) is 4.67. The average molecular weight is 267 g/mol. The molecule has 0 bridgehead atoms. The molecule has 0 aromatic heterocycles. The molecule has 2 rings (SSSR count). The van der Waals surface area contributed by atoms with Gasteiger partial charge in [-0.05, 0) is 18.1 Å². The van der Waals surface area contributed by atoms with Gasteiger partial charge in [-0.15, -0.1) is 0 Å². The standard InChI is InChI=1S/C17H17NO2/c1-13(19)12-18-17(20)16(14-8-4-2-5-9-14)15-10-6-3-7-11-15/h2-11,16H,12H2,1H3,(H,18,20). The maximum Gasteiger partial charge on any atom is 0.232 e. The van der Waals surface area contributed by atoms with Crippen LogP contribution in [0, 0.1) is 0 Å². The van der Waals surface area contributed by atoms with Crippen molar-refractivity contribution < 1.29 is 9.59 Å². The molecule has 0 saturated carbocycles. The molecule has 0 aliphatic rings. The zero-order valence-electron chi connectivity index (χ0n) is 11.4. The molecular weight excluding hydrogens is 250 g/mol. The van der Waals surface area contributed by atoms with Crippen LogP contribution in [0.4, 0.5) is 0 Å². The van der Waals surface area contributed by atoms with Crippen LogP contribution in [0.1, 0.15) is 24.0 Å². The monoisotopic (exact) mass is 267 g/mol. The molecule has 0 aliphatic heterocycles. The van der Waals surface area contributed by atoms with Crippen LogP contribution in [0.3, 0.4) is 0 Å². The van der Waals surface area contributed by atoms with E-state index in [0.29, 0.717) is 0 Å². The van der Waals surface area contributed by atoms with Crippen molar-refractivity contribution in [2.24, 2.45) is 0 Å². The maximum absolute atomic E-state index is 12.4.